The van der Waals surface area contributed by atoms with Crippen LogP contribution < -0.4 is 0 Å². The minimum absolute atomic E-state index is 0. The summed E-state index contributed by atoms with van der Waals surface area (Å²) in [6.45, 7) is 20.8. The van der Waals surface area contributed by atoms with Crippen LogP contribution in [0.5, 0.6) is 11.5 Å². The van der Waals surface area contributed by atoms with Crippen molar-refractivity contribution in [2.24, 2.45) is 21.7 Å². The molecule has 2 N–H and O–H groups in total. The molecule has 5 aliphatic heterocycles. The molecule has 2 atom stereocenters. The molecular formula is C62H90Ac2N2O16. The second kappa shape index (κ2) is 33.0. The minimum atomic E-state index is -1.10. The van der Waals surface area contributed by atoms with Crippen LogP contribution in [0.4, 0.5) is 0 Å². The fraction of sp³-hybridized carbons (Fsp3) is 0.677. The zero-order valence-electron chi connectivity index (χ0n) is 50.1. The largest absolute Gasteiger partial charge is 0.508 e. The van der Waals surface area contributed by atoms with Crippen molar-refractivity contribution in [1.82, 2.24) is 10.1 Å². The third-order valence-corrected chi connectivity index (χ3v) is 15.9. The number of hydrogen-bond donors (Lipinski definition) is 2. The summed E-state index contributed by atoms with van der Waals surface area (Å²) in [6, 6.07) is 14.2. The molecule has 82 heavy (non-hydrogen) atoms. The van der Waals surface area contributed by atoms with E-state index in [1.54, 1.807) is 30.3 Å². The number of unbranched alkanes of at least 4 members (excludes halogenated alkanes) is 14. The molecule has 450 valence electrons. The molecule has 4 amide bonds. The van der Waals surface area contributed by atoms with E-state index in [0.29, 0.717) is 56.0 Å². The van der Waals surface area contributed by atoms with Gasteiger partial charge in [0.25, 0.3) is 29.4 Å². The van der Waals surface area contributed by atoms with Crippen LogP contribution in [-0.2, 0) is 73.0 Å². The van der Waals surface area contributed by atoms with Crippen molar-refractivity contribution in [1.29, 1.82) is 0 Å². The van der Waals surface area contributed by atoms with Gasteiger partial charge in [0.05, 0.1) is 26.4 Å². The average Bonchev–Trinajstić information content (AvgIpc) is 2.04. The summed E-state index contributed by atoms with van der Waals surface area (Å²) in [7, 11) is 0. The first kappa shape index (κ1) is 72.0. The summed E-state index contributed by atoms with van der Waals surface area (Å²) in [5.41, 5.74) is 0.967. The van der Waals surface area contributed by atoms with Gasteiger partial charge in [-0.25, -0.2) is 14.5 Å². The number of imide groups is 2. The fourth-order valence-corrected chi connectivity index (χ4v) is 12.1. The summed E-state index contributed by atoms with van der Waals surface area (Å²) in [4.78, 5) is 91.1. The van der Waals surface area contributed by atoms with Crippen molar-refractivity contribution in [3.63, 3.8) is 0 Å². The van der Waals surface area contributed by atoms with Crippen molar-refractivity contribution in [2.45, 2.75) is 208 Å². The molecule has 4 fully saturated rings. The van der Waals surface area contributed by atoms with Gasteiger partial charge < -0.3 is 38.8 Å². The summed E-state index contributed by atoms with van der Waals surface area (Å²) in [5, 5.41) is 21.3. The van der Waals surface area contributed by atoms with Gasteiger partial charge in [0.1, 0.15) is 17.3 Å². The number of fused-ring (bicyclic) bond motifs is 1. The van der Waals surface area contributed by atoms with E-state index in [1.165, 1.54) is 5.57 Å². The zero-order chi connectivity index (χ0) is 58.2. The van der Waals surface area contributed by atoms with Gasteiger partial charge in [0.15, 0.2) is 5.60 Å². The van der Waals surface area contributed by atoms with E-state index >= 15 is 0 Å². The second-order valence-electron chi connectivity index (χ2n) is 24.7. The molecule has 0 aliphatic carbocycles. The van der Waals surface area contributed by atoms with E-state index in [9.17, 15) is 39.0 Å². The SMILES string of the molecule is CC(C)(COCCCCCCCCCCC(=O)ON1C(=O)CCC1=O)C12OOC1(c1cccc(O)c1)OCC2(C)C.CC(C)(COCCCCCCCCCCC(=O)ON1C(=O)CCC1=O)C1=C(c2cccc(O)c2)OCC1(C)C.[Ac].[Ac]. The third kappa shape index (κ3) is 18.5. The number of nitrogens with zero attached hydrogens (tertiary/aromatic N) is 2. The van der Waals surface area contributed by atoms with Gasteiger partial charge in [0, 0.05) is 173 Å². The maximum atomic E-state index is 11.8. The van der Waals surface area contributed by atoms with Crippen molar-refractivity contribution in [3.8, 4) is 11.5 Å². The Morgan fingerprint density at radius 1 is 0.573 bits per heavy atom. The van der Waals surface area contributed by atoms with Gasteiger partial charge in [-0.3, -0.25) is 19.2 Å². The van der Waals surface area contributed by atoms with E-state index in [-0.39, 0.29) is 154 Å². The molecule has 2 aromatic carbocycles. The number of amides is 4. The maximum absolute atomic E-state index is 11.8. The van der Waals surface area contributed by atoms with Crippen molar-refractivity contribution < 1.29 is 166 Å². The second-order valence-corrected chi connectivity index (χ2v) is 24.7. The predicted molar refractivity (Wildman–Crippen MR) is 296 cm³/mol. The van der Waals surface area contributed by atoms with Crippen LogP contribution in [0.2, 0.25) is 0 Å². The molecule has 0 spiro atoms. The monoisotopic (exact) mass is 1570 g/mol. The molecule has 5 aliphatic rings. The molecule has 18 nitrogen and oxygen atoms in total. The molecule has 0 aromatic heterocycles. The molecule has 2 radical (unpaired) electrons. The van der Waals surface area contributed by atoms with Crippen LogP contribution in [0, 0.1) is 110 Å². The fourth-order valence-electron chi connectivity index (χ4n) is 12.1. The van der Waals surface area contributed by atoms with Crippen molar-refractivity contribution >= 4 is 41.3 Å². The number of benzene rings is 2. The van der Waals surface area contributed by atoms with Crippen molar-refractivity contribution in [2.75, 3.05) is 39.6 Å². The molecule has 0 saturated carbocycles. The van der Waals surface area contributed by atoms with Crippen LogP contribution in [0.1, 0.15) is 208 Å². The van der Waals surface area contributed by atoms with Gasteiger partial charge in [-0.2, -0.15) is 4.89 Å². The molecule has 20 heteroatoms. The Bertz CT molecular complexity index is 2460. The standard InChI is InChI=1S/C31H45NO9.C31H45NO7.2Ac/c1-28(2,31-29(3,4)22-38-30(31,40-41-31)23-14-13-15-24(33)20-23)21-37-19-12-10-8-6-5-7-9-11-16-27(36)39-32-25(34)17-18-26(32)35;1-30(2,29-28(38-22-31(29,3)4)23-14-13-15-24(33)20-23)21-37-19-12-10-8-6-5-7-9-11-16-27(36)39-32-25(34)17-18-26(32)35;;/h13-15,20,33H,5-12,16-19,21-22H2,1-4H3;13-15,20,33H,5-12,16-19,21-22H2,1-4H3;;. The normalized spacial score (nSPS) is 20.8. The number of hydroxylamine groups is 4. The van der Waals surface area contributed by atoms with Gasteiger partial charge in [0.2, 0.25) is 0 Å². The summed E-state index contributed by atoms with van der Waals surface area (Å²) < 4.78 is 24.7. The summed E-state index contributed by atoms with van der Waals surface area (Å²) >= 11 is 0. The first-order chi connectivity index (χ1) is 38.0. The maximum Gasteiger partial charge on any atom is 0.333 e. The van der Waals surface area contributed by atoms with Crippen molar-refractivity contribution in [3.05, 3.63) is 65.2 Å². The summed E-state index contributed by atoms with van der Waals surface area (Å²) in [6.07, 6.45) is 17.1. The Kier molecular flexibility index (Phi) is 29.0. The smallest absolute Gasteiger partial charge is 0.333 e. The van der Waals surface area contributed by atoms with Crippen LogP contribution in [0.25, 0.3) is 5.76 Å². The number of carbonyl (C=O) groups excluding carboxylic acids is 6. The molecule has 5 heterocycles. The zero-order valence-corrected chi connectivity index (χ0v) is 59.6. The number of phenolic OH excluding ortho intramolecular Hbond substituents is 2. The van der Waals surface area contributed by atoms with E-state index < -0.39 is 52.4 Å². The Hall–Kier alpha value is -2.52. The van der Waals surface area contributed by atoms with Gasteiger partial charge in [-0.15, -0.1) is 10.1 Å². The van der Waals surface area contributed by atoms with E-state index in [2.05, 4.69) is 55.4 Å². The first-order valence-corrected chi connectivity index (χ1v) is 29.2. The number of rotatable bonds is 32. The van der Waals surface area contributed by atoms with Gasteiger partial charge in [-0.1, -0.05) is 157 Å². The van der Waals surface area contributed by atoms with E-state index in [1.807, 2.05) is 18.2 Å². The quantitative estimate of drug-likeness (QED) is 0.0395. The van der Waals surface area contributed by atoms with Gasteiger partial charge in [-0.05, 0) is 55.5 Å². The van der Waals surface area contributed by atoms with Crippen LogP contribution in [-0.4, -0.2) is 101 Å². The van der Waals surface area contributed by atoms with Crippen LogP contribution in [0.3, 0.4) is 0 Å². The summed E-state index contributed by atoms with van der Waals surface area (Å²) in [5.74, 6) is -2.67. The topological polar surface area (TPSA) is 223 Å². The van der Waals surface area contributed by atoms with E-state index in [0.717, 1.165) is 113 Å². The molecule has 7 rings (SSSR count). The molecule has 0 bridgehead atoms. The van der Waals surface area contributed by atoms with Crippen LogP contribution in [0.15, 0.2) is 54.1 Å². The Morgan fingerprint density at radius 2 is 1.01 bits per heavy atom. The number of hydrogen-bond acceptors (Lipinski definition) is 16. The third-order valence-electron chi connectivity index (χ3n) is 15.9. The number of ether oxygens (including phenoxy) is 4. The molecular weight excluding hydrogens is 1480 g/mol. The van der Waals surface area contributed by atoms with E-state index in [4.69, 9.17) is 38.4 Å². The minimum Gasteiger partial charge on any atom is -0.508 e. The van der Waals surface area contributed by atoms with Crippen LogP contribution >= 0.6 is 0 Å². The number of phenols is 2. The first-order valence-electron chi connectivity index (χ1n) is 29.2. The Balaban J connectivity index is 0.000000345. The molecule has 2 unspecified atom stereocenters. The molecule has 2 aromatic rings. The number of aromatic hydroxyl groups is 2. The predicted octanol–water partition coefficient (Wildman–Crippen LogP) is 11.8. The number of carbonyl (C=O) groups is 6. The van der Waals surface area contributed by atoms with Gasteiger partial charge >= 0.3 is 11.9 Å². The Labute approximate surface area is 557 Å². The average molecular weight is 1570 g/mol. The molecule has 4 saturated heterocycles. The Morgan fingerprint density at radius 3 is 1.46 bits per heavy atom.